The summed E-state index contributed by atoms with van der Waals surface area (Å²) >= 11 is 0. The van der Waals surface area contributed by atoms with Gasteiger partial charge in [0.15, 0.2) is 0 Å². The van der Waals surface area contributed by atoms with Gasteiger partial charge in [0.25, 0.3) is 5.91 Å². The fourth-order valence-electron chi connectivity index (χ4n) is 3.21. The van der Waals surface area contributed by atoms with Crippen molar-refractivity contribution in [2.45, 2.75) is 25.7 Å². The van der Waals surface area contributed by atoms with Crippen LogP contribution in [0.3, 0.4) is 0 Å². The van der Waals surface area contributed by atoms with Crippen molar-refractivity contribution in [1.82, 2.24) is 20.4 Å². The van der Waals surface area contributed by atoms with Crippen LogP contribution in [0.1, 0.15) is 41.7 Å². The summed E-state index contributed by atoms with van der Waals surface area (Å²) in [4.78, 5) is 26.2. The Bertz CT molecular complexity index is 774. The fraction of sp³-hybridized carbons (Fsp3) is 0.389. The molecule has 0 saturated carbocycles. The van der Waals surface area contributed by atoms with E-state index in [9.17, 15) is 14.0 Å². The summed E-state index contributed by atoms with van der Waals surface area (Å²) in [5, 5.41) is 12.4. The molecule has 26 heavy (non-hydrogen) atoms. The highest BCUT2D eigenvalue weighted by atomic mass is 19.1. The number of H-pyrrole nitrogens is 1. The molecule has 1 aromatic heterocycles. The molecule has 1 saturated heterocycles. The van der Waals surface area contributed by atoms with Crippen LogP contribution in [0.2, 0.25) is 0 Å². The summed E-state index contributed by atoms with van der Waals surface area (Å²) < 4.78 is 13.1. The number of hydrogen-bond donors (Lipinski definition) is 3. The molecular weight excluding hydrogens is 337 g/mol. The topological polar surface area (TPSA) is 90.1 Å². The van der Waals surface area contributed by atoms with Gasteiger partial charge in [0.2, 0.25) is 0 Å². The summed E-state index contributed by atoms with van der Waals surface area (Å²) in [6.45, 7) is 3.54. The maximum atomic E-state index is 13.1. The van der Waals surface area contributed by atoms with Gasteiger partial charge < -0.3 is 15.5 Å². The number of urea groups is 1. The number of piperidine rings is 1. The Hall–Kier alpha value is -2.90. The number of carbonyl (C=O) groups excluding carboxylic acids is 2. The minimum absolute atomic E-state index is 0.0487. The predicted molar refractivity (Wildman–Crippen MR) is 95.6 cm³/mol. The van der Waals surface area contributed by atoms with E-state index >= 15 is 0 Å². The lowest BCUT2D eigenvalue weighted by Crippen LogP contribution is -2.39. The Balaban J connectivity index is 1.71. The van der Waals surface area contributed by atoms with E-state index < -0.39 is 0 Å². The van der Waals surface area contributed by atoms with Crippen molar-refractivity contribution in [3.63, 3.8) is 0 Å². The highest BCUT2D eigenvalue weighted by Gasteiger charge is 2.28. The summed E-state index contributed by atoms with van der Waals surface area (Å²) in [5.74, 6) is -0.434. The highest BCUT2D eigenvalue weighted by Crippen LogP contribution is 2.30. The maximum absolute atomic E-state index is 13.1. The van der Waals surface area contributed by atoms with Gasteiger partial charge in [-0.3, -0.25) is 9.89 Å². The number of amides is 3. The second-order valence-electron chi connectivity index (χ2n) is 6.28. The van der Waals surface area contributed by atoms with Crippen LogP contribution in [-0.2, 0) is 0 Å². The molecule has 138 valence electrons. The number of hydrogen-bond acceptors (Lipinski definition) is 3. The number of aromatic amines is 1. The van der Waals surface area contributed by atoms with Gasteiger partial charge in [0.1, 0.15) is 5.82 Å². The zero-order valence-electron chi connectivity index (χ0n) is 14.6. The van der Waals surface area contributed by atoms with Crippen LogP contribution in [0.25, 0.3) is 0 Å². The third-order valence-electron chi connectivity index (χ3n) is 4.46. The number of aromatic nitrogens is 2. The van der Waals surface area contributed by atoms with E-state index in [4.69, 9.17) is 0 Å². The molecule has 1 aliphatic rings. The van der Waals surface area contributed by atoms with Crippen molar-refractivity contribution in [1.29, 1.82) is 0 Å². The van der Waals surface area contributed by atoms with Crippen molar-refractivity contribution in [2.24, 2.45) is 0 Å². The first-order chi connectivity index (χ1) is 12.6. The molecule has 3 rings (SSSR count). The van der Waals surface area contributed by atoms with Crippen molar-refractivity contribution >= 4 is 17.6 Å². The van der Waals surface area contributed by atoms with Crippen LogP contribution in [0, 0.1) is 5.82 Å². The molecule has 3 N–H and O–H groups in total. The summed E-state index contributed by atoms with van der Waals surface area (Å²) in [5.41, 5.74) is 1.90. The first kappa shape index (κ1) is 17.9. The molecule has 0 radical (unpaired) electrons. The van der Waals surface area contributed by atoms with Gasteiger partial charge >= 0.3 is 6.03 Å². The summed E-state index contributed by atoms with van der Waals surface area (Å²) in [6.07, 6.45) is 3.31. The number of carbonyl (C=O) groups is 2. The Kier molecular flexibility index (Phi) is 5.50. The minimum Gasteiger partial charge on any atom is -0.338 e. The quantitative estimate of drug-likeness (QED) is 0.784. The van der Waals surface area contributed by atoms with Gasteiger partial charge in [-0.15, -0.1) is 0 Å². The molecule has 8 heteroatoms. The largest absolute Gasteiger partial charge is 0.338 e. The van der Waals surface area contributed by atoms with E-state index in [2.05, 4.69) is 20.8 Å². The number of nitrogens with one attached hydrogen (secondary N) is 3. The van der Waals surface area contributed by atoms with Gasteiger partial charge in [-0.05, 0) is 44.0 Å². The number of benzene rings is 1. The third kappa shape index (κ3) is 4.01. The molecule has 7 nitrogen and oxygen atoms in total. The van der Waals surface area contributed by atoms with E-state index in [1.165, 1.54) is 24.3 Å². The van der Waals surface area contributed by atoms with Crippen LogP contribution in [0.5, 0.6) is 0 Å². The van der Waals surface area contributed by atoms with E-state index in [1.54, 1.807) is 11.1 Å². The second kappa shape index (κ2) is 7.99. The normalized spacial score (nSPS) is 17.0. The highest BCUT2D eigenvalue weighted by molar-refractivity contribution is 5.94. The van der Waals surface area contributed by atoms with E-state index in [-0.39, 0.29) is 23.7 Å². The molecule has 0 aliphatic carbocycles. The van der Waals surface area contributed by atoms with Crippen molar-refractivity contribution in [3.8, 4) is 0 Å². The first-order valence-electron chi connectivity index (χ1n) is 8.71. The second-order valence-corrected chi connectivity index (χ2v) is 6.28. The lowest BCUT2D eigenvalue weighted by Gasteiger charge is -2.32. The first-order valence-corrected chi connectivity index (χ1v) is 8.71. The van der Waals surface area contributed by atoms with Crippen molar-refractivity contribution in [2.75, 3.05) is 25.0 Å². The van der Waals surface area contributed by atoms with Gasteiger partial charge in [-0.25, -0.2) is 9.18 Å². The molecular formula is C18H22FN5O2. The minimum atomic E-state index is -0.364. The Morgan fingerprint density at radius 2 is 2.12 bits per heavy atom. The number of anilines is 1. The average molecular weight is 359 g/mol. The van der Waals surface area contributed by atoms with Crippen LogP contribution in [0.15, 0.2) is 30.5 Å². The Labute approximate surface area is 151 Å². The lowest BCUT2D eigenvalue weighted by atomic mass is 9.93. The van der Waals surface area contributed by atoms with Gasteiger partial charge in [0.05, 0.1) is 17.6 Å². The van der Waals surface area contributed by atoms with Crippen molar-refractivity contribution in [3.05, 3.63) is 47.5 Å². The van der Waals surface area contributed by atoms with E-state index in [1.807, 2.05) is 6.92 Å². The van der Waals surface area contributed by atoms with Gasteiger partial charge in [-0.1, -0.05) is 0 Å². The number of likely N-dealkylation sites (tertiary alicyclic amines) is 1. The molecule has 0 bridgehead atoms. The third-order valence-corrected chi connectivity index (χ3v) is 4.46. The Morgan fingerprint density at radius 3 is 2.85 bits per heavy atom. The molecule has 1 aromatic carbocycles. The zero-order valence-corrected chi connectivity index (χ0v) is 14.6. The lowest BCUT2D eigenvalue weighted by molar-refractivity contribution is 0.0706. The average Bonchev–Trinajstić information content (AvgIpc) is 3.10. The molecule has 2 aromatic rings. The molecule has 1 fully saturated rings. The molecule has 2 heterocycles. The van der Waals surface area contributed by atoms with Gasteiger partial charge in [0, 0.05) is 31.1 Å². The predicted octanol–water partition coefficient (Wildman–Crippen LogP) is 2.71. The van der Waals surface area contributed by atoms with Crippen LogP contribution in [0.4, 0.5) is 14.9 Å². The molecule has 1 unspecified atom stereocenters. The Morgan fingerprint density at radius 1 is 1.35 bits per heavy atom. The van der Waals surface area contributed by atoms with Crippen molar-refractivity contribution < 1.29 is 14.0 Å². The summed E-state index contributed by atoms with van der Waals surface area (Å²) in [7, 11) is 0. The molecule has 3 amide bonds. The SMILES string of the molecule is CCNC(=O)Nc1cn[nH]c1C1CCCN(C(=O)c2ccc(F)cc2)C1. The fourth-order valence-corrected chi connectivity index (χ4v) is 3.21. The molecule has 0 spiro atoms. The number of nitrogens with zero attached hydrogens (tertiary/aromatic N) is 2. The number of halogens is 1. The standard InChI is InChI=1S/C18H22FN5O2/c1-2-20-18(26)22-15-10-21-23-16(15)13-4-3-9-24(11-13)17(25)12-5-7-14(19)8-6-12/h5-8,10,13H,2-4,9,11H2,1H3,(H,21,23)(H2,20,22,26). The van der Waals surface area contributed by atoms with Crippen LogP contribution >= 0.6 is 0 Å². The number of rotatable bonds is 4. The van der Waals surface area contributed by atoms with Crippen LogP contribution in [-0.4, -0.2) is 46.7 Å². The maximum Gasteiger partial charge on any atom is 0.319 e. The van der Waals surface area contributed by atoms with E-state index in [0.717, 1.165) is 18.5 Å². The van der Waals surface area contributed by atoms with Gasteiger partial charge in [-0.2, -0.15) is 5.10 Å². The smallest absolute Gasteiger partial charge is 0.319 e. The van der Waals surface area contributed by atoms with E-state index in [0.29, 0.717) is 30.9 Å². The summed E-state index contributed by atoms with van der Waals surface area (Å²) in [6, 6.07) is 5.29. The molecule has 1 aliphatic heterocycles. The monoisotopic (exact) mass is 359 g/mol. The zero-order chi connectivity index (χ0) is 18.5. The van der Waals surface area contributed by atoms with Crippen LogP contribution < -0.4 is 10.6 Å². The molecule has 1 atom stereocenters.